The number of nitrogens with zero attached hydrogens (tertiary/aromatic N) is 2. The first-order valence-electron chi connectivity index (χ1n) is 4.90. The molecule has 0 atom stereocenters. The van der Waals surface area contributed by atoms with Crippen LogP contribution in [0.2, 0.25) is 0 Å². The SMILES string of the molecule is OCc1nc(Br)ccc1N1CCOCC1. The maximum Gasteiger partial charge on any atom is 0.106 e. The molecule has 1 N–H and O–H groups in total. The molecule has 5 heteroatoms. The molecule has 0 spiro atoms. The molecule has 2 rings (SSSR count). The molecule has 1 aromatic heterocycles. The maximum atomic E-state index is 9.23. The van der Waals surface area contributed by atoms with Gasteiger partial charge in [0.2, 0.25) is 0 Å². The molecule has 15 heavy (non-hydrogen) atoms. The average Bonchev–Trinajstić information content (AvgIpc) is 2.30. The van der Waals surface area contributed by atoms with Crippen LogP contribution in [0.1, 0.15) is 5.69 Å². The van der Waals surface area contributed by atoms with E-state index in [9.17, 15) is 5.11 Å². The third kappa shape index (κ3) is 2.48. The molecule has 0 radical (unpaired) electrons. The van der Waals surface area contributed by atoms with Crippen LogP contribution in [0.3, 0.4) is 0 Å². The van der Waals surface area contributed by atoms with E-state index in [2.05, 4.69) is 25.8 Å². The van der Waals surface area contributed by atoms with E-state index in [0.29, 0.717) is 5.69 Å². The first-order chi connectivity index (χ1) is 7.31. The van der Waals surface area contributed by atoms with Gasteiger partial charge in [0, 0.05) is 13.1 Å². The molecule has 0 saturated carbocycles. The largest absolute Gasteiger partial charge is 0.390 e. The van der Waals surface area contributed by atoms with Crippen molar-refractivity contribution in [3.8, 4) is 0 Å². The van der Waals surface area contributed by atoms with Gasteiger partial charge in [0.15, 0.2) is 0 Å². The Morgan fingerprint density at radius 3 is 2.80 bits per heavy atom. The fourth-order valence-electron chi connectivity index (χ4n) is 1.68. The predicted molar refractivity (Wildman–Crippen MR) is 60.9 cm³/mol. The number of hydrogen-bond acceptors (Lipinski definition) is 4. The van der Waals surface area contributed by atoms with Crippen molar-refractivity contribution in [3.63, 3.8) is 0 Å². The number of aliphatic hydroxyl groups excluding tert-OH is 1. The zero-order valence-corrected chi connectivity index (χ0v) is 9.90. The minimum atomic E-state index is -0.0356. The second kappa shape index (κ2) is 4.92. The van der Waals surface area contributed by atoms with E-state index in [1.165, 1.54) is 0 Å². The molecule has 0 unspecified atom stereocenters. The lowest BCUT2D eigenvalue weighted by molar-refractivity contribution is 0.122. The normalized spacial score (nSPS) is 16.8. The van der Waals surface area contributed by atoms with Crippen molar-refractivity contribution < 1.29 is 9.84 Å². The zero-order valence-electron chi connectivity index (χ0n) is 8.32. The number of aliphatic hydroxyl groups is 1. The Kier molecular flexibility index (Phi) is 3.56. The molecular formula is C10H13BrN2O2. The Morgan fingerprint density at radius 2 is 2.13 bits per heavy atom. The second-order valence-corrected chi connectivity index (χ2v) is 4.17. The summed E-state index contributed by atoms with van der Waals surface area (Å²) < 4.78 is 6.04. The lowest BCUT2D eigenvalue weighted by Crippen LogP contribution is -2.37. The number of morpholine rings is 1. The number of halogens is 1. The lowest BCUT2D eigenvalue weighted by atomic mass is 10.2. The highest BCUT2D eigenvalue weighted by atomic mass is 79.9. The molecule has 1 aliphatic heterocycles. The van der Waals surface area contributed by atoms with E-state index < -0.39 is 0 Å². The van der Waals surface area contributed by atoms with E-state index in [1.807, 2.05) is 12.1 Å². The highest BCUT2D eigenvalue weighted by molar-refractivity contribution is 9.10. The molecule has 0 aliphatic carbocycles. The molecule has 0 amide bonds. The van der Waals surface area contributed by atoms with Gasteiger partial charge in [-0.05, 0) is 28.1 Å². The van der Waals surface area contributed by atoms with Gasteiger partial charge < -0.3 is 14.7 Å². The molecule has 0 aromatic carbocycles. The van der Waals surface area contributed by atoms with Gasteiger partial charge in [-0.15, -0.1) is 0 Å². The Labute approximate surface area is 97.0 Å². The second-order valence-electron chi connectivity index (χ2n) is 3.36. The van der Waals surface area contributed by atoms with Crippen molar-refractivity contribution in [2.24, 2.45) is 0 Å². The van der Waals surface area contributed by atoms with Gasteiger partial charge in [0.1, 0.15) is 4.60 Å². The van der Waals surface area contributed by atoms with Crippen LogP contribution in [-0.2, 0) is 11.3 Å². The van der Waals surface area contributed by atoms with Gasteiger partial charge in [0.05, 0.1) is 31.2 Å². The summed E-state index contributed by atoms with van der Waals surface area (Å²) in [5.74, 6) is 0. The van der Waals surface area contributed by atoms with Crippen molar-refractivity contribution in [1.29, 1.82) is 0 Å². The van der Waals surface area contributed by atoms with Crippen molar-refractivity contribution in [3.05, 3.63) is 22.4 Å². The highest BCUT2D eigenvalue weighted by Gasteiger charge is 2.15. The van der Waals surface area contributed by atoms with Crippen LogP contribution in [0.5, 0.6) is 0 Å². The van der Waals surface area contributed by atoms with E-state index in [0.717, 1.165) is 36.6 Å². The van der Waals surface area contributed by atoms with Crippen LogP contribution in [0.15, 0.2) is 16.7 Å². The van der Waals surface area contributed by atoms with Crippen LogP contribution in [-0.4, -0.2) is 36.4 Å². The van der Waals surface area contributed by atoms with Crippen molar-refractivity contribution in [2.45, 2.75) is 6.61 Å². The Balaban J connectivity index is 2.25. The molecule has 1 aromatic rings. The number of rotatable bonds is 2. The third-order valence-corrected chi connectivity index (χ3v) is 2.86. The first kappa shape index (κ1) is 10.9. The minimum absolute atomic E-state index is 0.0356. The smallest absolute Gasteiger partial charge is 0.106 e. The summed E-state index contributed by atoms with van der Waals surface area (Å²) in [5, 5.41) is 9.23. The number of aromatic nitrogens is 1. The van der Waals surface area contributed by atoms with Gasteiger partial charge >= 0.3 is 0 Å². The summed E-state index contributed by atoms with van der Waals surface area (Å²) in [4.78, 5) is 6.44. The zero-order chi connectivity index (χ0) is 10.7. The molecular weight excluding hydrogens is 260 g/mol. The monoisotopic (exact) mass is 272 g/mol. The maximum absolute atomic E-state index is 9.23. The number of anilines is 1. The summed E-state index contributed by atoms with van der Waals surface area (Å²) in [6.07, 6.45) is 0. The van der Waals surface area contributed by atoms with E-state index >= 15 is 0 Å². The molecule has 0 bridgehead atoms. The van der Waals surface area contributed by atoms with Gasteiger partial charge in [-0.1, -0.05) is 0 Å². The van der Waals surface area contributed by atoms with Crippen LogP contribution in [0.25, 0.3) is 0 Å². The summed E-state index contributed by atoms with van der Waals surface area (Å²) in [6, 6.07) is 3.87. The van der Waals surface area contributed by atoms with E-state index in [4.69, 9.17) is 4.74 Å². The van der Waals surface area contributed by atoms with Gasteiger partial charge in [-0.2, -0.15) is 0 Å². The molecule has 2 heterocycles. The van der Waals surface area contributed by atoms with Crippen LogP contribution < -0.4 is 4.90 Å². The Hall–Kier alpha value is -0.650. The Morgan fingerprint density at radius 1 is 1.40 bits per heavy atom. The van der Waals surface area contributed by atoms with Crippen LogP contribution in [0.4, 0.5) is 5.69 Å². The summed E-state index contributed by atoms with van der Waals surface area (Å²) in [6.45, 7) is 3.15. The molecule has 1 saturated heterocycles. The standard InChI is InChI=1S/C10H13BrN2O2/c11-10-2-1-9(8(7-14)12-10)13-3-5-15-6-4-13/h1-2,14H,3-7H2. The van der Waals surface area contributed by atoms with Gasteiger partial charge in [0.25, 0.3) is 0 Å². The number of pyridine rings is 1. The lowest BCUT2D eigenvalue weighted by Gasteiger charge is -2.29. The quantitative estimate of drug-likeness (QED) is 0.822. The first-order valence-corrected chi connectivity index (χ1v) is 5.69. The van der Waals surface area contributed by atoms with Crippen LogP contribution in [0, 0.1) is 0 Å². The summed E-state index contributed by atoms with van der Waals surface area (Å²) in [5.41, 5.74) is 1.72. The molecule has 1 aliphatic rings. The number of hydrogen-bond donors (Lipinski definition) is 1. The van der Waals surface area contributed by atoms with Gasteiger partial charge in [-0.3, -0.25) is 0 Å². The van der Waals surface area contributed by atoms with Crippen molar-refractivity contribution in [2.75, 3.05) is 31.2 Å². The molecule has 82 valence electrons. The van der Waals surface area contributed by atoms with Crippen molar-refractivity contribution in [1.82, 2.24) is 4.98 Å². The molecule has 1 fully saturated rings. The van der Waals surface area contributed by atoms with Crippen LogP contribution >= 0.6 is 15.9 Å². The predicted octanol–water partition coefficient (Wildman–Crippen LogP) is 1.17. The fourth-order valence-corrected chi connectivity index (χ4v) is 2.02. The summed E-state index contributed by atoms with van der Waals surface area (Å²) in [7, 11) is 0. The van der Waals surface area contributed by atoms with Gasteiger partial charge in [-0.25, -0.2) is 4.98 Å². The highest BCUT2D eigenvalue weighted by Crippen LogP contribution is 2.22. The van der Waals surface area contributed by atoms with E-state index in [-0.39, 0.29) is 6.61 Å². The minimum Gasteiger partial charge on any atom is -0.390 e. The molecule has 4 nitrogen and oxygen atoms in total. The van der Waals surface area contributed by atoms with E-state index in [1.54, 1.807) is 0 Å². The Bertz CT molecular complexity index is 340. The topological polar surface area (TPSA) is 45.6 Å². The fraction of sp³-hybridized carbons (Fsp3) is 0.500. The third-order valence-electron chi connectivity index (χ3n) is 2.42. The number of ether oxygens (including phenoxy) is 1. The average molecular weight is 273 g/mol. The summed E-state index contributed by atoms with van der Waals surface area (Å²) >= 11 is 3.30. The van der Waals surface area contributed by atoms with Crippen molar-refractivity contribution >= 4 is 21.6 Å².